The van der Waals surface area contributed by atoms with E-state index in [0.29, 0.717) is 42.8 Å². The summed E-state index contributed by atoms with van der Waals surface area (Å²) >= 11 is 6.19. The van der Waals surface area contributed by atoms with Gasteiger partial charge in [-0.05, 0) is 50.1 Å². The van der Waals surface area contributed by atoms with Crippen molar-refractivity contribution in [1.29, 1.82) is 0 Å². The molecule has 2 aromatic rings. The number of likely N-dealkylation sites (tertiary alicyclic amines) is 1. The van der Waals surface area contributed by atoms with Gasteiger partial charge in [0.1, 0.15) is 5.76 Å². The molecule has 2 heterocycles. The van der Waals surface area contributed by atoms with Gasteiger partial charge in [0.15, 0.2) is 5.76 Å². The lowest BCUT2D eigenvalue weighted by Gasteiger charge is -2.31. The molecule has 1 aromatic heterocycles. The maximum atomic E-state index is 12.6. The number of furan rings is 1. The molecule has 0 radical (unpaired) electrons. The summed E-state index contributed by atoms with van der Waals surface area (Å²) in [5, 5.41) is 0.603. The molecule has 0 bridgehead atoms. The fraction of sp³-hybridized carbons (Fsp3) is 0.421. The Balaban J connectivity index is 0.00000243. The Morgan fingerprint density at radius 3 is 2.65 bits per heavy atom. The predicted molar refractivity (Wildman–Crippen MR) is 105 cm³/mol. The molecule has 1 aliphatic rings. The average Bonchev–Trinajstić information content (AvgIpc) is 3.12. The largest absolute Gasteiger partial charge is 0.451 e. The number of hydrogen-bond donors (Lipinski definition) is 1. The fourth-order valence-electron chi connectivity index (χ4n) is 2.97. The standard InChI is InChI=1S/C19H23ClN2O3.ClH/c20-16-5-2-1-4-15(16)17-6-7-18(25-17)19(23)22-11-8-14(9-12-22)24-13-3-10-21;/h1-2,4-7,14H,3,8-13,21H2;1H. The van der Waals surface area contributed by atoms with Crippen molar-refractivity contribution in [1.82, 2.24) is 4.90 Å². The number of nitrogens with two attached hydrogens (primary N) is 1. The first-order valence-electron chi connectivity index (χ1n) is 8.64. The third-order valence-corrected chi connectivity index (χ3v) is 4.72. The maximum absolute atomic E-state index is 12.6. The molecule has 142 valence electrons. The van der Waals surface area contributed by atoms with Crippen LogP contribution in [0.15, 0.2) is 40.8 Å². The molecule has 1 aromatic carbocycles. The van der Waals surface area contributed by atoms with Crippen molar-refractivity contribution in [2.24, 2.45) is 5.73 Å². The number of amides is 1. The number of halogens is 2. The summed E-state index contributed by atoms with van der Waals surface area (Å²) in [6.45, 7) is 2.68. The number of ether oxygens (including phenoxy) is 1. The van der Waals surface area contributed by atoms with E-state index in [1.54, 1.807) is 18.2 Å². The third kappa shape index (κ3) is 5.01. The Labute approximate surface area is 164 Å². The summed E-state index contributed by atoms with van der Waals surface area (Å²) in [6, 6.07) is 10.9. The van der Waals surface area contributed by atoms with Crippen molar-refractivity contribution in [3.63, 3.8) is 0 Å². The van der Waals surface area contributed by atoms with Crippen LogP contribution in [0.3, 0.4) is 0 Å². The maximum Gasteiger partial charge on any atom is 0.289 e. The van der Waals surface area contributed by atoms with Crippen molar-refractivity contribution in [3.05, 3.63) is 47.2 Å². The lowest BCUT2D eigenvalue weighted by Crippen LogP contribution is -2.40. The molecule has 0 atom stereocenters. The minimum atomic E-state index is -0.0845. The van der Waals surface area contributed by atoms with E-state index in [1.807, 2.05) is 23.1 Å². The number of carbonyl (C=O) groups is 1. The van der Waals surface area contributed by atoms with Gasteiger partial charge >= 0.3 is 0 Å². The van der Waals surface area contributed by atoms with Crippen molar-refractivity contribution < 1.29 is 13.9 Å². The van der Waals surface area contributed by atoms with Crippen LogP contribution < -0.4 is 5.73 Å². The number of piperidine rings is 1. The predicted octanol–water partition coefficient (Wildman–Crippen LogP) is 3.99. The molecule has 2 N–H and O–H groups in total. The smallest absolute Gasteiger partial charge is 0.289 e. The highest BCUT2D eigenvalue weighted by atomic mass is 35.5. The highest BCUT2D eigenvalue weighted by molar-refractivity contribution is 6.33. The molecule has 26 heavy (non-hydrogen) atoms. The molecule has 7 heteroatoms. The summed E-state index contributed by atoms with van der Waals surface area (Å²) in [4.78, 5) is 14.5. The molecule has 1 aliphatic heterocycles. The van der Waals surface area contributed by atoms with Gasteiger partial charge in [-0.3, -0.25) is 4.79 Å². The van der Waals surface area contributed by atoms with Gasteiger partial charge in [0.2, 0.25) is 0 Å². The van der Waals surface area contributed by atoms with Crippen LogP contribution in [-0.2, 0) is 4.74 Å². The number of benzene rings is 1. The minimum absolute atomic E-state index is 0. The van der Waals surface area contributed by atoms with Gasteiger partial charge in [-0.15, -0.1) is 12.4 Å². The SMILES string of the molecule is Cl.NCCCOC1CCN(C(=O)c2ccc(-c3ccccc3Cl)o2)CC1. The van der Waals surface area contributed by atoms with Crippen LogP contribution >= 0.6 is 24.0 Å². The topological polar surface area (TPSA) is 68.7 Å². The van der Waals surface area contributed by atoms with E-state index in [4.69, 9.17) is 26.5 Å². The van der Waals surface area contributed by atoms with Gasteiger partial charge < -0.3 is 19.8 Å². The number of rotatable bonds is 6. The number of nitrogens with zero attached hydrogens (tertiary/aromatic N) is 1. The molecule has 0 saturated carbocycles. The molecule has 0 unspecified atom stereocenters. The Bertz CT molecular complexity index is 712. The normalized spacial score (nSPS) is 14.9. The Kier molecular flexibility index (Phi) is 7.97. The van der Waals surface area contributed by atoms with Crippen molar-refractivity contribution >= 4 is 29.9 Å². The zero-order valence-electron chi connectivity index (χ0n) is 14.5. The fourth-order valence-corrected chi connectivity index (χ4v) is 3.20. The van der Waals surface area contributed by atoms with Gasteiger partial charge in [0, 0.05) is 25.3 Å². The van der Waals surface area contributed by atoms with Crippen LogP contribution in [0.2, 0.25) is 5.02 Å². The molecule has 1 fully saturated rings. The van der Waals surface area contributed by atoms with Gasteiger partial charge in [-0.1, -0.05) is 23.7 Å². The zero-order valence-corrected chi connectivity index (χ0v) is 16.1. The molecule has 0 spiro atoms. The average molecular weight is 399 g/mol. The van der Waals surface area contributed by atoms with Gasteiger partial charge in [-0.25, -0.2) is 0 Å². The van der Waals surface area contributed by atoms with Crippen LogP contribution in [0, 0.1) is 0 Å². The molecule has 3 rings (SSSR count). The van der Waals surface area contributed by atoms with E-state index in [9.17, 15) is 4.79 Å². The van der Waals surface area contributed by atoms with Gasteiger partial charge in [-0.2, -0.15) is 0 Å². The molecule has 0 aliphatic carbocycles. The summed E-state index contributed by atoms with van der Waals surface area (Å²) < 4.78 is 11.5. The third-order valence-electron chi connectivity index (χ3n) is 4.39. The monoisotopic (exact) mass is 398 g/mol. The minimum Gasteiger partial charge on any atom is -0.451 e. The van der Waals surface area contributed by atoms with E-state index in [2.05, 4.69) is 0 Å². The Hall–Kier alpha value is -1.53. The quantitative estimate of drug-likeness (QED) is 0.746. The highest BCUT2D eigenvalue weighted by Gasteiger charge is 2.26. The van der Waals surface area contributed by atoms with E-state index in [1.165, 1.54) is 0 Å². The molecule has 1 amide bonds. The van der Waals surface area contributed by atoms with Crippen LogP contribution in [0.5, 0.6) is 0 Å². The summed E-state index contributed by atoms with van der Waals surface area (Å²) in [5.41, 5.74) is 6.26. The zero-order chi connectivity index (χ0) is 17.6. The van der Waals surface area contributed by atoms with E-state index >= 15 is 0 Å². The molecular weight excluding hydrogens is 375 g/mol. The lowest BCUT2D eigenvalue weighted by molar-refractivity contribution is 0.00766. The van der Waals surface area contributed by atoms with Crippen LogP contribution in [0.1, 0.15) is 29.8 Å². The lowest BCUT2D eigenvalue weighted by atomic mass is 10.1. The van der Waals surface area contributed by atoms with Crippen LogP contribution in [-0.4, -0.2) is 43.2 Å². The molecule has 5 nitrogen and oxygen atoms in total. The highest BCUT2D eigenvalue weighted by Crippen LogP contribution is 2.29. The first kappa shape index (κ1) is 20.8. The second-order valence-corrected chi connectivity index (χ2v) is 6.56. The Morgan fingerprint density at radius 1 is 1.23 bits per heavy atom. The van der Waals surface area contributed by atoms with Crippen molar-refractivity contribution in [2.45, 2.75) is 25.4 Å². The summed E-state index contributed by atoms with van der Waals surface area (Å²) in [6.07, 6.45) is 2.77. The summed E-state index contributed by atoms with van der Waals surface area (Å²) in [5.74, 6) is 0.866. The second-order valence-electron chi connectivity index (χ2n) is 6.15. The first-order chi connectivity index (χ1) is 12.2. The van der Waals surface area contributed by atoms with E-state index in [-0.39, 0.29) is 24.4 Å². The molecule has 1 saturated heterocycles. The first-order valence-corrected chi connectivity index (χ1v) is 9.02. The van der Waals surface area contributed by atoms with Crippen LogP contribution in [0.25, 0.3) is 11.3 Å². The van der Waals surface area contributed by atoms with E-state index in [0.717, 1.165) is 24.8 Å². The number of carbonyl (C=O) groups excluding carboxylic acids is 1. The van der Waals surface area contributed by atoms with Gasteiger partial charge in [0.25, 0.3) is 5.91 Å². The number of hydrogen-bond acceptors (Lipinski definition) is 4. The summed E-state index contributed by atoms with van der Waals surface area (Å²) in [7, 11) is 0. The van der Waals surface area contributed by atoms with Crippen LogP contribution in [0.4, 0.5) is 0 Å². The molecular formula is C19H24Cl2N2O3. The van der Waals surface area contributed by atoms with Crippen molar-refractivity contribution in [2.75, 3.05) is 26.2 Å². The second kappa shape index (κ2) is 9.97. The van der Waals surface area contributed by atoms with Crippen molar-refractivity contribution in [3.8, 4) is 11.3 Å². The van der Waals surface area contributed by atoms with E-state index < -0.39 is 0 Å². The Morgan fingerprint density at radius 2 is 1.96 bits per heavy atom. The van der Waals surface area contributed by atoms with Gasteiger partial charge in [0.05, 0.1) is 11.1 Å².